The van der Waals surface area contributed by atoms with Gasteiger partial charge in [0.1, 0.15) is 0 Å². The molecule has 12 atom stereocenters. The first-order chi connectivity index (χ1) is 18.5. The normalized spacial score (nSPS) is 20.6. The van der Waals surface area contributed by atoms with Crippen molar-refractivity contribution in [3.05, 3.63) is 0 Å². The fraction of sp³-hybridized carbons (Fsp3) is 0.667. The van der Waals surface area contributed by atoms with Crippen LogP contribution in [-0.2, 0) is 37.8 Å². The third-order valence-corrected chi connectivity index (χ3v) is 7.52. The molecule has 0 aliphatic rings. The van der Waals surface area contributed by atoms with Crippen LogP contribution < -0.4 is 0 Å². The number of carbonyl (C=O) groups excluding carboxylic acids is 6. The van der Waals surface area contributed by atoms with E-state index in [4.69, 9.17) is 0 Å². The van der Waals surface area contributed by atoms with E-state index in [1.807, 2.05) is 0 Å². The van der Waals surface area contributed by atoms with Crippen LogP contribution in [0.4, 0.5) is 0 Å². The first-order valence-electron chi connectivity index (χ1n) is 10.4. The molecule has 0 bridgehead atoms. The van der Waals surface area contributed by atoms with E-state index in [0.717, 1.165) is 0 Å². The van der Waals surface area contributed by atoms with Crippen molar-refractivity contribution < 1.29 is 99.1 Å². The molecular formula is C18H27O21Sb. The van der Waals surface area contributed by atoms with Gasteiger partial charge in [-0.1, -0.05) is 0 Å². The molecule has 0 amide bonds. The van der Waals surface area contributed by atoms with Crippen molar-refractivity contribution in [3.63, 3.8) is 0 Å². The van der Waals surface area contributed by atoms with Crippen LogP contribution in [0, 0.1) is 0 Å². The monoisotopic (exact) mass is 700 g/mol. The molecule has 230 valence electrons. The van der Waals surface area contributed by atoms with E-state index in [2.05, 4.69) is 9.05 Å². The maximum absolute atomic E-state index is 12.2. The van der Waals surface area contributed by atoms with Gasteiger partial charge in [0.2, 0.25) is 0 Å². The standard InChI is InChI=1S/3C6H10O7.Sb/c3*7-1-2(8)3(9)4(10)5(11)6(12)13;/h3*1-5,8-11H,(H,12,13);/q;;;+3/p-3/t3*2-,3+,4-,5-;/m000./s1. The molecule has 0 rings (SSSR count). The quantitative estimate of drug-likeness (QED) is 0.0466. The van der Waals surface area contributed by atoms with Crippen molar-refractivity contribution in [1.29, 1.82) is 0 Å². The third kappa shape index (κ3) is 10.6. The molecule has 0 unspecified atom stereocenters. The molecule has 0 heterocycles. The Kier molecular flexibility index (Phi) is 16.6. The number of rotatable bonds is 18. The number of aliphatic hydroxyl groups excluding tert-OH is 12. The van der Waals surface area contributed by atoms with Gasteiger partial charge >= 0.3 is 231 Å². The van der Waals surface area contributed by atoms with Crippen LogP contribution in [0.1, 0.15) is 0 Å². The van der Waals surface area contributed by atoms with E-state index >= 15 is 0 Å². The molecule has 12 N–H and O–H groups in total. The summed E-state index contributed by atoms with van der Waals surface area (Å²) < 4.78 is 13.2. The predicted octanol–water partition coefficient (Wildman–Crippen LogP) is -10.5. The van der Waals surface area contributed by atoms with Gasteiger partial charge in [0.05, 0.1) is 0 Å². The van der Waals surface area contributed by atoms with Gasteiger partial charge < -0.3 is 0 Å². The summed E-state index contributed by atoms with van der Waals surface area (Å²) in [6.07, 6.45) is -32.0. The van der Waals surface area contributed by atoms with Crippen molar-refractivity contribution in [2.45, 2.75) is 73.2 Å². The Morgan fingerprint density at radius 1 is 0.425 bits per heavy atom. The fourth-order valence-electron chi connectivity index (χ4n) is 2.26. The van der Waals surface area contributed by atoms with Gasteiger partial charge in [-0.15, -0.1) is 0 Å². The summed E-state index contributed by atoms with van der Waals surface area (Å²) in [6.45, 7) is 0. The van der Waals surface area contributed by atoms with Crippen LogP contribution in [0.15, 0.2) is 0 Å². The molecule has 0 aromatic heterocycles. The predicted molar refractivity (Wildman–Crippen MR) is 114 cm³/mol. The topological polar surface area (TPSA) is 373 Å². The molecule has 0 aromatic rings. The van der Waals surface area contributed by atoms with Crippen molar-refractivity contribution in [2.24, 2.45) is 0 Å². The number of aldehydes is 3. The van der Waals surface area contributed by atoms with Crippen LogP contribution in [0.3, 0.4) is 0 Å². The number of aliphatic hydroxyl groups is 12. The average Bonchev–Trinajstić information content (AvgIpc) is 2.95. The Hall–Kier alpha value is -2.24. The van der Waals surface area contributed by atoms with Gasteiger partial charge in [0.25, 0.3) is 0 Å². The third-order valence-electron chi connectivity index (χ3n) is 4.71. The molecule has 21 nitrogen and oxygen atoms in total. The summed E-state index contributed by atoms with van der Waals surface area (Å²) in [6, 6.07) is 0. The van der Waals surface area contributed by atoms with Gasteiger partial charge in [-0.3, -0.25) is 0 Å². The Labute approximate surface area is 230 Å². The van der Waals surface area contributed by atoms with E-state index in [9.17, 15) is 90.0 Å². The number of hydrogen-bond donors (Lipinski definition) is 12. The van der Waals surface area contributed by atoms with Crippen molar-refractivity contribution in [1.82, 2.24) is 0 Å². The molecule has 0 spiro atoms. The Bertz CT molecular complexity index is 761. The molecule has 22 heteroatoms. The first kappa shape index (κ1) is 37.8. The Balaban J connectivity index is 5.91. The number of hydrogen-bond acceptors (Lipinski definition) is 21. The summed E-state index contributed by atoms with van der Waals surface area (Å²) in [7, 11) is 0. The maximum atomic E-state index is 12.2. The van der Waals surface area contributed by atoms with Crippen molar-refractivity contribution in [2.75, 3.05) is 0 Å². The van der Waals surface area contributed by atoms with E-state index in [1.54, 1.807) is 0 Å². The second kappa shape index (κ2) is 17.5. The van der Waals surface area contributed by atoms with E-state index in [1.165, 1.54) is 0 Å². The molecule has 40 heavy (non-hydrogen) atoms. The van der Waals surface area contributed by atoms with Gasteiger partial charge in [0, 0.05) is 0 Å². The second-order valence-corrected chi connectivity index (χ2v) is 10.5. The van der Waals surface area contributed by atoms with Gasteiger partial charge in [-0.2, -0.15) is 0 Å². The van der Waals surface area contributed by atoms with Crippen molar-refractivity contribution in [3.8, 4) is 0 Å². The Morgan fingerprint density at radius 2 is 0.625 bits per heavy atom. The van der Waals surface area contributed by atoms with E-state index in [-0.39, 0.29) is 18.9 Å². The molecule has 0 aliphatic carbocycles. The SMILES string of the molecule is O=C[C@H](O)[C@@H](O)[C@H](O)[C@H](O)C(=O)[O][Sb]([O]C(=O)[C@@H](O)[C@@H](O)[C@H](O)[C@@H](O)C=O)[O]C(=O)[C@@H](O)[C@@H](O)[C@H](O)[C@@H](O)C=O. The second-order valence-electron chi connectivity index (χ2n) is 7.61. The van der Waals surface area contributed by atoms with Gasteiger partial charge in [-0.25, -0.2) is 0 Å². The molecule has 0 aromatic carbocycles. The summed E-state index contributed by atoms with van der Waals surface area (Å²) in [5, 5.41) is 115. The molecule has 0 aliphatic heterocycles. The molecule has 0 radical (unpaired) electrons. The zero-order valence-electron chi connectivity index (χ0n) is 19.6. The van der Waals surface area contributed by atoms with E-state index < -0.39 is 113 Å². The molecular weight excluding hydrogens is 674 g/mol. The minimum atomic E-state index is -5.45. The van der Waals surface area contributed by atoms with Crippen LogP contribution in [0.2, 0.25) is 0 Å². The Morgan fingerprint density at radius 3 is 0.800 bits per heavy atom. The van der Waals surface area contributed by atoms with Crippen LogP contribution >= 0.6 is 0 Å². The summed E-state index contributed by atoms with van der Waals surface area (Å²) in [5.41, 5.74) is 0. The van der Waals surface area contributed by atoms with Crippen LogP contribution in [-0.4, -0.2) is 193 Å². The zero-order chi connectivity index (χ0) is 31.5. The van der Waals surface area contributed by atoms with E-state index in [0.29, 0.717) is 0 Å². The average molecular weight is 701 g/mol. The van der Waals surface area contributed by atoms with Gasteiger partial charge in [0.15, 0.2) is 0 Å². The molecule has 0 saturated carbocycles. The van der Waals surface area contributed by atoms with Crippen molar-refractivity contribution >= 4 is 58.2 Å². The summed E-state index contributed by atoms with van der Waals surface area (Å²) in [4.78, 5) is 68.0. The zero-order valence-corrected chi connectivity index (χ0v) is 22.2. The minimum absolute atomic E-state index is 0.304. The molecule has 0 fully saturated rings. The molecule has 0 saturated heterocycles. The summed E-state index contributed by atoms with van der Waals surface area (Å²) in [5.74, 6) is -6.27. The fourth-order valence-corrected chi connectivity index (χ4v) is 4.77. The van der Waals surface area contributed by atoms with Gasteiger partial charge in [-0.05, 0) is 0 Å². The summed E-state index contributed by atoms with van der Waals surface area (Å²) >= 11 is -5.45. The van der Waals surface area contributed by atoms with Crippen LogP contribution in [0.5, 0.6) is 0 Å². The van der Waals surface area contributed by atoms with Crippen LogP contribution in [0.25, 0.3) is 0 Å². The first-order valence-corrected chi connectivity index (χ1v) is 13.6. The number of carbonyl (C=O) groups is 6.